The molecule has 1 aliphatic heterocycles. The van der Waals surface area contributed by atoms with Gasteiger partial charge in [-0.25, -0.2) is 8.78 Å². The Hall–Kier alpha value is -2.43. The van der Waals surface area contributed by atoms with Gasteiger partial charge < -0.3 is 9.80 Å². The summed E-state index contributed by atoms with van der Waals surface area (Å²) in [5.41, 5.74) is 2.13. The van der Waals surface area contributed by atoms with E-state index in [1.807, 2.05) is 12.1 Å². The summed E-state index contributed by atoms with van der Waals surface area (Å²) in [6, 6.07) is 11.1. The average Bonchev–Trinajstić information content (AvgIpc) is 2.57. The molecule has 120 valence electrons. The Kier molecular flexibility index (Phi) is 4.28. The SMILES string of the molecule is Cc1ccccc1N1CCN(C(=O)c2cc(F)ccc2F)CC1. The van der Waals surface area contributed by atoms with Gasteiger partial charge >= 0.3 is 0 Å². The summed E-state index contributed by atoms with van der Waals surface area (Å²) in [5, 5.41) is 0. The van der Waals surface area contributed by atoms with E-state index >= 15 is 0 Å². The van der Waals surface area contributed by atoms with Crippen molar-refractivity contribution in [2.45, 2.75) is 6.92 Å². The molecular formula is C18H18F2N2O. The molecule has 3 nitrogen and oxygen atoms in total. The van der Waals surface area contributed by atoms with Crippen LogP contribution in [0.5, 0.6) is 0 Å². The zero-order chi connectivity index (χ0) is 16.4. The number of piperazine rings is 1. The molecule has 1 aliphatic rings. The molecule has 2 aromatic rings. The highest BCUT2D eigenvalue weighted by Gasteiger charge is 2.25. The lowest BCUT2D eigenvalue weighted by atomic mass is 10.1. The predicted molar refractivity (Wildman–Crippen MR) is 85.7 cm³/mol. The van der Waals surface area contributed by atoms with Crippen molar-refractivity contribution in [1.82, 2.24) is 4.90 Å². The highest BCUT2D eigenvalue weighted by Crippen LogP contribution is 2.22. The van der Waals surface area contributed by atoms with Crippen molar-refractivity contribution in [2.24, 2.45) is 0 Å². The molecule has 0 aromatic heterocycles. The lowest BCUT2D eigenvalue weighted by molar-refractivity contribution is 0.0741. The molecule has 1 heterocycles. The second kappa shape index (κ2) is 6.36. The molecule has 0 atom stereocenters. The topological polar surface area (TPSA) is 23.6 Å². The summed E-state index contributed by atoms with van der Waals surface area (Å²) in [5.74, 6) is -1.74. The molecule has 1 fully saturated rings. The number of carbonyl (C=O) groups excluding carboxylic acids is 1. The van der Waals surface area contributed by atoms with Crippen molar-refractivity contribution in [3.05, 3.63) is 65.2 Å². The first kappa shape index (κ1) is 15.5. The highest BCUT2D eigenvalue weighted by atomic mass is 19.1. The van der Waals surface area contributed by atoms with E-state index in [2.05, 4.69) is 24.0 Å². The molecule has 0 aliphatic carbocycles. The quantitative estimate of drug-likeness (QED) is 0.849. The molecule has 0 N–H and O–H groups in total. The van der Waals surface area contributed by atoms with E-state index < -0.39 is 17.5 Å². The van der Waals surface area contributed by atoms with Crippen LogP contribution in [0.3, 0.4) is 0 Å². The van der Waals surface area contributed by atoms with Gasteiger partial charge in [-0.3, -0.25) is 4.79 Å². The fraction of sp³-hybridized carbons (Fsp3) is 0.278. The number of carbonyl (C=O) groups is 1. The molecule has 0 bridgehead atoms. The van der Waals surface area contributed by atoms with Gasteiger partial charge in [0.25, 0.3) is 5.91 Å². The van der Waals surface area contributed by atoms with E-state index in [4.69, 9.17) is 0 Å². The number of anilines is 1. The maximum absolute atomic E-state index is 13.7. The number of benzene rings is 2. The fourth-order valence-corrected chi connectivity index (χ4v) is 2.90. The zero-order valence-electron chi connectivity index (χ0n) is 12.9. The number of amides is 1. The Morgan fingerprint density at radius 1 is 1.00 bits per heavy atom. The van der Waals surface area contributed by atoms with Crippen LogP contribution in [0, 0.1) is 18.6 Å². The minimum Gasteiger partial charge on any atom is -0.368 e. The van der Waals surface area contributed by atoms with Crippen molar-refractivity contribution in [2.75, 3.05) is 31.1 Å². The first-order chi connectivity index (χ1) is 11.1. The minimum absolute atomic E-state index is 0.200. The third kappa shape index (κ3) is 3.18. The second-order valence-corrected chi connectivity index (χ2v) is 5.69. The summed E-state index contributed by atoms with van der Waals surface area (Å²) in [6.07, 6.45) is 0. The van der Waals surface area contributed by atoms with Crippen LogP contribution in [-0.4, -0.2) is 37.0 Å². The van der Waals surface area contributed by atoms with Crippen molar-refractivity contribution < 1.29 is 13.6 Å². The summed E-state index contributed by atoms with van der Waals surface area (Å²) < 4.78 is 27.0. The van der Waals surface area contributed by atoms with Crippen LogP contribution in [0.15, 0.2) is 42.5 Å². The molecule has 5 heteroatoms. The standard InChI is InChI=1S/C18H18F2N2O/c1-13-4-2-3-5-17(13)21-8-10-22(11-9-21)18(23)15-12-14(19)6-7-16(15)20/h2-7,12H,8-11H2,1H3. The van der Waals surface area contributed by atoms with E-state index in [9.17, 15) is 13.6 Å². The Morgan fingerprint density at radius 3 is 2.39 bits per heavy atom. The van der Waals surface area contributed by atoms with Gasteiger partial charge in [-0.2, -0.15) is 0 Å². The Morgan fingerprint density at radius 2 is 1.70 bits per heavy atom. The number of nitrogens with zero attached hydrogens (tertiary/aromatic N) is 2. The van der Waals surface area contributed by atoms with Crippen molar-refractivity contribution in [1.29, 1.82) is 0 Å². The zero-order valence-corrected chi connectivity index (χ0v) is 12.9. The fourth-order valence-electron chi connectivity index (χ4n) is 2.90. The molecule has 2 aromatic carbocycles. The van der Waals surface area contributed by atoms with E-state index in [0.717, 1.165) is 23.9 Å². The first-order valence-electron chi connectivity index (χ1n) is 7.61. The van der Waals surface area contributed by atoms with Gasteiger partial charge in [-0.1, -0.05) is 18.2 Å². The number of hydrogen-bond donors (Lipinski definition) is 0. The van der Waals surface area contributed by atoms with Crippen LogP contribution in [0.25, 0.3) is 0 Å². The highest BCUT2D eigenvalue weighted by molar-refractivity contribution is 5.94. The number of rotatable bonds is 2. The average molecular weight is 316 g/mol. The summed E-state index contributed by atoms with van der Waals surface area (Å²) >= 11 is 0. The Labute approximate surface area is 134 Å². The summed E-state index contributed by atoms with van der Waals surface area (Å²) in [7, 11) is 0. The van der Waals surface area contributed by atoms with Crippen LogP contribution in [0.2, 0.25) is 0 Å². The number of halogens is 2. The maximum atomic E-state index is 13.7. The summed E-state index contributed by atoms with van der Waals surface area (Å²) in [4.78, 5) is 16.2. The smallest absolute Gasteiger partial charge is 0.257 e. The molecule has 0 radical (unpaired) electrons. The molecule has 1 amide bonds. The summed E-state index contributed by atoms with van der Waals surface area (Å²) in [6.45, 7) is 4.38. The van der Waals surface area contributed by atoms with Crippen LogP contribution < -0.4 is 4.90 Å². The van der Waals surface area contributed by atoms with E-state index in [-0.39, 0.29) is 5.56 Å². The van der Waals surface area contributed by atoms with Crippen LogP contribution >= 0.6 is 0 Å². The number of para-hydroxylation sites is 1. The molecule has 0 saturated carbocycles. The number of hydrogen-bond acceptors (Lipinski definition) is 2. The first-order valence-corrected chi connectivity index (χ1v) is 7.61. The van der Waals surface area contributed by atoms with Gasteiger partial charge in [0.1, 0.15) is 11.6 Å². The van der Waals surface area contributed by atoms with E-state index in [1.165, 1.54) is 5.56 Å². The van der Waals surface area contributed by atoms with Crippen molar-refractivity contribution >= 4 is 11.6 Å². The molecule has 0 spiro atoms. The lowest BCUT2D eigenvalue weighted by Crippen LogP contribution is -2.49. The molecular weight excluding hydrogens is 298 g/mol. The number of aryl methyl sites for hydroxylation is 1. The minimum atomic E-state index is -0.683. The monoisotopic (exact) mass is 316 g/mol. The lowest BCUT2D eigenvalue weighted by Gasteiger charge is -2.36. The molecule has 1 saturated heterocycles. The normalized spacial score (nSPS) is 14.9. The van der Waals surface area contributed by atoms with Crippen LogP contribution in [-0.2, 0) is 0 Å². The molecule has 3 rings (SSSR count). The van der Waals surface area contributed by atoms with Crippen LogP contribution in [0.1, 0.15) is 15.9 Å². The molecule has 0 unspecified atom stereocenters. The Balaban J connectivity index is 1.70. The van der Waals surface area contributed by atoms with Gasteiger partial charge in [0, 0.05) is 31.9 Å². The van der Waals surface area contributed by atoms with Gasteiger partial charge in [-0.15, -0.1) is 0 Å². The second-order valence-electron chi connectivity index (χ2n) is 5.69. The van der Waals surface area contributed by atoms with E-state index in [1.54, 1.807) is 4.90 Å². The van der Waals surface area contributed by atoms with Gasteiger partial charge in [0.2, 0.25) is 0 Å². The maximum Gasteiger partial charge on any atom is 0.257 e. The van der Waals surface area contributed by atoms with Gasteiger partial charge in [0.15, 0.2) is 0 Å². The third-order valence-corrected chi connectivity index (χ3v) is 4.18. The van der Waals surface area contributed by atoms with E-state index in [0.29, 0.717) is 26.2 Å². The third-order valence-electron chi connectivity index (χ3n) is 4.18. The van der Waals surface area contributed by atoms with Gasteiger partial charge in [0.05, 0.1) is 5.56 Å². The largest absolute Gasteiger partial charge is 0.368 e. The Bertz CT molecular complexity index is 725. The van der Waals surface area contributed by atoms with Gasteiger partial charge in [-0.05, 0) is 36.8 Å². The van der Waals surface area contributed by atoms with Crippen molar-refractivity contribution in [3.63, 3.8) is 0 Å². The molecule has 23 heavy (non-hydrogen) atoms. The van der Waals surface area contributed by atoms with Crippen LogP contribution in [0.4, 0.5) is 14.5 Å². The van der Waals surface area contributed by atoms with Crippen molar-refractivity contribution in [3.8, 4) is 0 Å². The predicted octanol–water partition coefficient (Wildman–Crippen LogP) is 3.24.